The first kappa shape index (κ1) is 14.6. The van der Waals surface area contributed by atoms with Gasteiger partial charge in [0.25, 0.3) is 5.91 Å². The van der Waals surface area contributed by atoms with Crippen LogP contribution < -0.4 is 5.43 Å². The normalized spacial score (nSPS) is 19.0. The number of aromatic amines is 1. The zero-order valence-electron chi connectivity index (χ0n) is 12.5. The molecule has 2 aromatic heterocycles. The molecular weight excluding hydrogens is 282 g/mol. The average Bonchev–Trinajstić information content (AvgIpc) is 2.80. The summed E-state index contributed by atoms with van der Waals surface area (Å²) in [4.78, 5) is 26.4. The predicted octanol–water partition coefficient (Wildman–Crippen LogP) is 2.43. The third-order valence-electron chi connectivity index (χ3n) is 4.06. The number of likely N-dealkylation sites (tertiary alicyclic amines) is 1. The van der Waals surface area contributed by atoms with Crippen LogP contribution in [0.5, 0.6) is 0 Å². The zero-order valence-corrected chi connectivity index (χ0v) is 12.5. The van der Waals surface area contributed by atoms with Crippen LogP contribution in [0.15, 0.2) is 33.7 Å². The third kappa shape index (κ3) is 2.81. The van der Waals surface area contributed by atoms with E-state index in [4.69, 9.17) is 4.42 Å². The molecule has 6 nitrogen and oxygen atoms in total. The van der Waals surface area contributed by atoms with Crippen LogP contribution in [0.4, 0.5) is 0 Å². The smallest absolute Gasteiger partial charge is 0.260 e. The molecule has 1 amide bonds. The number of H-pyrrole nitrogens is 1. The molecule has 0 radical (unpaired) electrons. The van der Waals surface area contributed by atoms with Gasteiger partial charge in [0, 0.05) is 12.7 Å². The second kappa shape index (κ2) is 6.17. The molecule has 0 bridgehead atoms. The predicted molar refractivity (Wildman–Crippen MR) is 80.5 cm³/mol. The van der Waals surface area contributed by atoms with Gasteiger partial charge in [-0.25, -0.2) is 0 Å². The number of carbonyl (C=O) groups is 1. The summed E-state index contributed by atoms with van der Waals surface area (Å²) in [6.07, 6.45) is 6.41. The summed E-state index contributed by atoms with van der Waals surface area (Å²) < 4.78 is 5.73. The summed E-state index contributed by atoms with van der Waals surface area (Å²) in [6, 6.07) is 3.71. The van der Waals surface area contributed by atoms with E-state index in [0.717, 1.165) is 43.4 Å². The number of nitrogens with one attached hydrogen (secondary N) is 1. The summed E-state index contributed by atoms with van der Waals surface area (Å²) in [5.74, 6) is 1.36. The maximum Gasteiger partial charge on any atom is 0.260 e. The molecule has 1 aliphatic heterocycles. The van der Waals surface area contributed by atoms with Crippen LogP contribution in [-0.2, 0) is 0 Å². The van der Waals surface area contributed by atoms with Crippen molar-refractivity contribution in [3.63, 3.8) is 0 Å². The van der Waals surface area contributed by atoms with Crippen molar-refractivity contribution in [3.8, 4) is 0 Å². The Labute approximate surface area is 128 Å². The standard InChI is InChI=1S/C16H19N3O3/c1-11-6-7-15(22-11)13-5-3-2-4-8-19(13)16(21)12-9-17-18-10-14(12)20/h6-7,9-10,13H,2-5,8H2,1H3,(H,17,20). The molecule has 2 aromatic rings. The summed E-state index contributed by atoms with van der Waals surface area (Å²) in [7, 11) is 0. The Morgan fingerprint density at radius 3 is 2.95 bits per heavy atom. The molecule has 0 aliphatic carbocycles. The maximum absolute atomic E-state index is 12.8. The fourth-order valence-corrected chi connectivity index (χ4v) is 2.94. The van der Waals surface area contributed by atoms with Crippen LogP contribution in [0.25, 0.3) is 0 Å². The lowest BCUT2D eigenvalue weighted by atomic mass is 10.1. The van der Waals surface area contributed by atoms with E-state index in [0.29, 0.717) is 6.54 Å². The molecule has 0 aromatic carbocycles. The van der Waals surface area contributed by atoms with Gasteiger partial charge in [-0.3, -0.25) is 14.7 Å². The van der Waals surface area contributed by atoms with E-state index < -0.39 is 0 Å². The third-order valence-corrected chi connectivity index (χ3v) is 4.06. The van der Waals surface area contributed by atoms with Gasteiger partial charge < -0.3 is 9.32 Å². The van der Waals surface area contributed by atoms with E-state index in [2.05, 4.69) is 10.2 Å². The van der Waals surface area contributed by atoms with Gasteiger partial charge in [0.05, 0.1) is 12.2 Å². The van der Waals surface area contributed by atoms with E-state index in [-0.39, 0.29) is 22.9 Å². The topological polar surface area (TPSA) is 79.2 Å². The van der Waals surface area contributed by atoms with Crippen LogP contribution in [0.3, 0.4) is 0 Å². The number of aryl methyl sites for hydroxylation is 1. The van der Waals surface area contributed by atoms with Crippen molar-refractivity contribution in [2.75, 3.05) is 6.54 Å². The minimum Gasteiger partial charge on any atom is -0.464 e. The van der Waals surface area contributed by atoms with Crippen molar-refractivity contribution in [1.82, 2.24) is 15.1 Å². The lowest BCUT2D eigenvalue weighted by Gasteiger charge is -2.28. The van der Waals surface area contributed by atoms with E-state index in [1.807, 2.05) is 19.1 Å². The van der Waals surface area contributed by atoms with E-state index >= 15 is 0 Å². The Hall–Kier alpha value is -2.37. The first-order chi connectivity index (χ1) is 10.7. The molecule has 1 unspecified atom stereocenters. The van der Waals surface area contributed by atoms with E-state index in [9.17, 15) is 9.59 Å². The largest absolute Gasteiger partial charge is 0.464 e. The maximum atomic E-state index is 12.8. The molecule has 1 atom stereocenters. The first-order valence-electron chi connectivity index (χ1n) is 7.57. The highest BCUT2D eigenvalue weighted by Crippen LogP contribution is 2.32. The SMILES string of the molecule is Cc1ccc(C2CCCCCN2C(=O)c2c[nH]ncc2=O)o1. The van der Waals surface area contributed by atoms with Gasteiger partial charge in [0.1, 0.15) is 17.1 Å². The molecule has 0 spiro atoms. The molecule has 22 heavy (non-hydrogen) atoms. The van der Waals surface area contributed by atoms with E-state index in [1.165, 1.54) is 6.20 Å². The summed E-state index contributed by atoms with van der Waals surface area (Å²) in [5, 5.41) is 6.22. The Morgan fingerprint density at radius 1 is 1.36 bits per heavy atom. The molecule has 1 fully saturated rings. The van der Waals surface area contributed by atoms with Crippen molar-refractivity contribution in [2.24, 2.45) is 0 Å². The molecule has 0 saturated carbocycles. The molecule has 1 saturated heterocycles. The van der Waals surface area contributed by atoms with Gasteiger partial charge >= 0.3 is 0 Å². The Bertz CT molecular complexity index is 719. The molecule has 6 heteroatoms. The molecular formula is C16H19N3O3. The number of carbonyl (C=O) groups excluding carboxylic acids is 1. The number of hydrogen-bond acceptors (Lipinski definition) is 4. The molecule has 3 rings (SSSR count). The summed E-state index contributed by atoms with van der Waals surface area (Å²) >= 11 is 0. The van der Waals surface area contributed by atoms with Crippen molar-refractivity contribution >= 4 is 5.91 Å². The van der Waals surface area contributed by atoms with Crippen LogP contribution >= 0.6 is 0 Å². The molecule has 3 heterocycles. The van der Waals surface area contributed by atoms with Gasteiger partial charge in [-0.05, 0) is 31.9 Å². The highest BCUT2D eigenvalue weighted by atomic mass is 16.3. The highest BCUT2D eigenvalue weighted by Gasteiger charge is 2.30. The minimum absolute atomic E-state index is 0.115. The Balaban J connectivity index is 1.95. The minimum atomic E-state index is -0.359. The fraction of sp³-hybridized carbons (Fsp3) is 0.438. The number of aromatic nitrogens is 2. The van der Waals surface area contributed by atoms with Crippen LogP contribution in [0.2, 0.25) is 0 Å². The molecule has 1 N–H and O–H groups in total. The van der Waals surface area contributed by atoms with Gasteiger partial charge in [0.15, 0.2) is 0 Å². The van der Waals surface area contributed by atoms with Gasteiger partial charge in [-0.15, -0.1) is 0 Å². The van der Waals surface area contributed by atoms with Gasteiger partial charge in [-0.1, -0.05) is 12.8 Å². The second-order valence-corrected chi connectivity index (χ2v) is 5.62. The Morgan fingerprint density at radius 2 is 2.23 bits per heavy atom. The monoisotopic (exact) mass is 301 g/mol. The van der Waals surface area contributed by atoms with Crippen molar-refractivity contribution in [3.05, 3.63) is 51.8 Å². The van der Waals surface area contributed by atoms with Crippen LogP contribution in [0.1, 0.15) is 53.6 Å². The quantitative estimate of drug-likeness (QED) is 0.924. The highest BCUT2D eigenvalue weighted by molar-refractivity contribution is 5.94. The number of hydrogen-bond donors (Lipinski definition) is 1. The molecule has 1 aliphatic rings. The van der Waals surface area contributed by atoms with Gasteiger partial charge in [-0.2, -0.15) is 5.10 Å². The van der Waals surface area contributed by atoms with Crippen molar-refractivity contribution < 1.29 is 9.21 Å². The number of rotatable bonds is 2. The lowest BCUT2D eigenvalue weighted by molar-refractivity contribution is 0.0655. The van der Waals surface area contributed by atoms with Crippen LogP contribution in [0, 0.1) is 6.92 Å². The zero-order chi connectivity index (χ0) is 15.5. The molecule has 116 valence electrons. The summed E-state index contributed by atoms with van der Waals surface area (Å²) in [6.45, 7) is 2.52. The van der Waals surface area contributed by atoms with Crippen molar-refractivity contribution in [2.45, 2.75) is 38.6 Å². The first-order valence-corrected chi connectivity index (χ1v) is 7.57. The van der Waals surface area contributed by atoms with Crippen molar-refractivity contribution in [1.29, 1.82) is 0 Å². The summed E-state index contributed by atoms with van der Waals surface area (Å²) in [5.41, 5.74) is -0.229. The number of nitrogens with zero attached hydrogens (tertiary/aromatic N) is 2. The fourth-order valence-electron chi connectivity index (χ4n) is 2.94. The van der Waals surface area contributed by atoms with E-state index in [1.54, 1.807) is 4.90 Å². The number of furan rings is 1. The van der Waals surface area contributed by atoms with Gasteiger partial charge in [0.2, 0.25) is 5.43 Å². The van der Waals surface area contributed by atoms with Crippen LogP contribution in [-0.4, -0.2) is 27.5 Å². The Kier molecular flexibility index (Phi) is 4.09. The lowest BCUT2D eigenvalue weighted by Crippen LogP contribution is -2.37. The number of amides is 1. The second-order valence-electron chi connectivity index (χ2n) is 5.62. The average molecular weight is 301 g/mol.